The fourth-order valence-electron chi connectivity index (χ4n) is 3.81. The van der Waals surface area contributed by atoms with Gasteiger partial charge in [-0.15, -0.1) is 0 Å². The van der Waals surface area contributed by atoms with Crippen LogP contribution in [0.2, 0.25) is 0 Å². The van der Waals surface area contributed by atoms with Gasteiger partial charge in [-0.05, 0) is 5.56 Å². The van der Waals surface area contributed by atoms with Gasteiger partial charge >= 0.3 is 0 Å². The van der Waals surface area contributed by atoms with E-state index in [4.69, 9.17) is 0 Å². The Hall–Kier alpha value is -1.66. The largest absolute Gasteiger partial charge is 0.396 e. The number of nitrogens with zero attached hydrogens (tertiary/aromatic N) is 5. The molecule has 0 amide bonds. The molecule has 0 radical (unpaired) electrons. The van der Waals surface area contributed by atoms with Gasteiger partial charge in [0.05, 0.1) is 11.9 Å². The normalized spacial score (nSPS) is 22.4. The molecule has 0 spiro atoms. The minimum absolute atomic E-state index is 0.0372. The Morgan fingerprint density at radius 3 is 2.50 bits per heavy atom. The Labute approximate surface area is 144 Å². The molecule has 0 bridgehead atoms. The quantitative estimate of drug-likeness (QED) is 0.926. The monoisotopic (exact) mass is 331 g/mol. The zero-order chi connectivity index (χ0) is 17.5. The maximum atomic E-state index is 9.81. The van der Waals surface area contributed by atoms with E-state index in [9.17, 15) is 5.11 Å². The maximum absolute atomic E-state index is 9.81. The Balaban J connectivity index is 1.78. The Kier molecular flexibility index (Phi) is 4.53. The van der Waals surface area contributed by atoms with Gasteiger partial charge in [0.25, 0.3) is 0 Å². The highest BCUT2D eigenvalue weighted by Gasteiger charge is 2.35. The number of aryl methyl sites for hydroxylation is 2. The summed E-state index contributed by atoms with van der Waals surface area (Å²) in [6.45, 7) is 9.58. The molecule has 0 saturated carbocycles. The third-order valence-corrected chi connectivity index (χ3v) is 4.91. The van der Waals surface area contributed by atoms with E-state index in [1.54, 1.807) is 0 Å². The average molecular weight is 331 g/mol. The summed E-state index contributed by atoms with van der Waals surface area (Å²) < 4.78 is 3.75. The van der Waals surface area contributed by atoms with Crippen LogP contribution in [-0.2, 0) is 26.1 Å². The van der Waals surface area contributed by atoms with Crippen molar-refractivity contribution in [3.63, 3.8) is 0 Å². The second-order valence-electron chi connectivity index (χ2n) is 8.12. The zero-order valence-corrected chi connectivity index (χ0v) is 15.4. The van der Waals surface area contributed by atoms with E-state index >= 15 is 0 Å². The van der Waals surface area contributed by atoms with Crippen LogP contribution in [-0.4, -0.2) is 49.3 Å². The van der Waals surface area contributed by atoms with E-state index in [0.717, 1.165) is 25.3 Å². The van der Waals surface area contributed by atoms with E-state index < -0.39 is 0 Å². The van der Waals surface area contributed by atoms with Gasteiger partial charge in [0, 0.05) is 75.5 Å². The number of aliphatic hydroxyl groups is 1. The molecule has 0 aliphatic carbocycles. The Bertz CT molecular complexity index is 697. The summed E-state index contributed by atoms with van der Waals surface area (Å²) in [5, 5.41) is 18.8. The van der Waals surface area contributed by atoms with Crippen molar-refractivity contribution in [2.24, 2.45) is 20.0 Å². The first-order valence-corrected chi connectivity index (χ1v) is 8.62. The Morgan fingerprint density at radius 2 is 1.92 bits per heavy atom. The van der Waals surface area contributed by atoms with Gasteiger partial charge in [-0.3, -0.25) is 14.3 Å². The number of hydrogen-bond acceptors (Lipinski definition) is 4. The molecule has 2 atom stereocenters. The van der Waals surface area contributed by atoms with E-state index in [-0.39, 0.29) is 17.9 Å². The number of rotatable bonds is 4. The Morgan fingerprint density at radius 1 is 1.17 bits per heavy atom. The molecule has 0 unspecified atom stereocenters. The summed E-state index contributed by atoms with van der Waals surface area (Å²) >= 11 is 0. The number of hydrogen-bond donors (Lipinski definition) is 1. The first kappa shape index (κ1) is 17.2. The molecule has 1 aliphatic heterocycles. The third kappa shape index (κ3) is 3.39. The number of likely N-dealkylation sites (tertiary alicyclic amines) is 1. The van der Waals surface area contributed by atoms with Crippen molar-refractivity contribution >= 4 is 0 Å². The molecule has 0 aromatic carbocycles. The van der Waals surface area contributed by atoms with E-state index in [0.29, 0.717) is 5.92 Å². The van der Waals surface area contributed by atoms with E-state index in [2.05, 4.69) is 48.3 Å². The molecule has 132 valence electrons. The van der Waals surface area contributed by atoms with Crippen molar-refractivity contribution in [1.29, 1.82) is 0 Å². The summed E-state index contributed by atoms with van der Waals surface area (Å²) in [7, 11) is 3.92. The van der Waals surface area contributed by atoms with Crippen LogP contribution >= 0.6 is 0 Å². The number of aromatic nitrogens is 4. The van der Waals surface area contributed by atoms with Gasteiger partial charge in [-0.2, -0.15) is 10.2 Å². The lowest BCUT2D eigenvalue weighted by atomic mass is 9.89. The molecule has 6 heteroatoms. The summed E-state index contributed by atoms with van der Waals surface area (Å²) in [5.41, 5.74) is 3.71. The SMILES string of the molecule is Cn1cc([C@@H]2CN(Cc3cn(C)nc3C(C)(C)C)C[C@H]2CO)cn1. The van der Waals surface area contributed by atoms with Crippen molar-refractivity contribution < 1.29 is 5.11 Å². The zero-order valence-electron chi connectivity index (χ0n) is 15.4. The van der Waals surface area contributed by atoms with Crippen molar-refractivity contribution in [1.82, 2.24) is 24.5 Å². The van der Waals surface area contributed by atoms with Crippen molar-refractivity contribution in [3.05, 3.63) is 35.4 Å². The number of aliphatic hydroxyl groups excluding tert-OH is 1. The highest BCUT2D eigenvalue weighted by Crippen LogP contribution is 2.34. The van der Waals surface area contributed by atoms with Crippen LogP contribution in [0.4, 0.5) is 0 Å². The molecule has 1 saturated heterocycles. The standard InChI is InChI=1S/C18H29N5O/c1-18(2,3)17-14(8-22(5)20-17)9-23-10-15(12-24)16(11-23)13-6-19-21(4)7-13/h6-8,15-16,24H,9-12H2,1-5H3/t15-,16-/m0/s1. The molecule has 3 heterocycles. The minimum atomic E-state index is 0.0372. The fourth-order valence-corrected chi connectivity index (χ4v) is 3.81. The van der Waals surface area contributed by atoms with Gasteiger partial charge in [-0.25, -0.2) is 0 Å². The van der Waals surface area contributed by atoms with Crippen molar-refractivity contribution in [2.75, 3.05) is 19.7 Å². The van der Waals surface area contributed by atoms with Crippen molar-refractivity contribution in [2.45, 2.75) is 38.6 Å². The van der Waals surface area contributed by atoms with Crippen LogP contribution in [0.5, 0.6) is 0 Å². The highest BCUT2D eigenvalue weighted by atomic mass is 16.3. The summed E-state index contributed by atoms with van der Waals surface area (Å²) in [6, 6.07) is 0. The third-order valence-electron chi connectivity index (χ3n) is 4.91. The molecule has 3 rings (SSSR count). The molecule has 2 aromatic heterocycles. The molecule has 1 aliphatic rings. The van der Waals surface area contributed by atoms with Crippen LogP contribution in [0.15, 0.2) is 18.6 Å². The molecular weight excluding hydrogens is 302 g/mol. The van der Waals surface area contributed by atoms with Crippen molar-refractivity contribution in [3.8, 4) is 0 Å². The topological polar surface area (TPSA) is 59.1 Å². The molecule has 6 nitrogen and oxygen atoms in total. The summed E-state index contributed by atoms with van der Waals surface area (Å²) in [6.07, 6.45) is 6.13. The van der Waals surface area contributed by atoms with E-state index in [1.165, 1.54) is 11.1 Å². The van der Waals surface area contributed by atoms with Crippen LogP contribution in [0.1, 0.15) is 43.5 Å². The predicted octanol–water partition coefficient (Wildman–Crippen LogP) is 1.66. The second kappa shape index (κ2) is 6.33. The van der Waals surface area contributed by atoms with Gasteiger partial charge in [-0.1, -0.05) is 20.8 Å². The molecule has 24 heavy (non-hydrogen) atoms. The lowest BCUT2D eigenvalue weighted by molar-refractivity contribution is 0.213. The maximum Gasteiger partial charge on any atom is 0.0722 e. The molecule has 1 N–H and O–H groups in total. The molecule has 2 aromatic rings. The van der Waals surface area contributed by atoms with Crippen LogP contribution in [0.25, 0.3) is 0 Å². The highest BCUT2D eigenvalue weighted by molar-refractivity contribution is 5.25. The summed E-state index contributed by atoms with van der Waals surface area (Å²) in [5.74, 6) is 0.613. The van der Waals surface area contributed by atoms with Crippen LogP contribution < -0.4 is 0 Å². The lowest BCUT2D eigenvalue weighted by Gasteiger charge is -2.21. The smallest absolute Gasteiger partial charge is 0.0722 e. The van der Waals surface area contributed by atoms with E-state index in [1.807, 2.05) is 29.7 Å². The van der Waals surface area contributed by atoms with Gasteiger partial charge in [0.1, 0.15) is 0 Å². The first-order chi connectivity index (χ1) is 11.3. The van der Waals surface area contributed by atoms with Gasteiger partial charge in [0.2, 0.25) is 0 Å². The van der Waals surface area contributed by atoms with Gasteiger partial charge in [0.15, 0.2) is 0 Å². The average Bonchev–Trinajstić information content (AvgIpc) is 3.17. The first-order valence-electron chi connectivity index (χ1n) is 8.62. The molecule has 1 fully saturated rings. The van der Waals surface area contributed by atoms with Gasteiger partial charge < -0.3 is 5.11 Å². The minimum Gasteiger partial charge on any atom is -0.396 e. The summed E-state index contributed by atoms with van der Waals surface area (Å²) in [4.78, 5) is 2.44. The van der Waals surface area contributed by atoms with Crippen LogP contribution in [0.3, 0.4) is 0 Å². The predicted molar refractivity (Wildman–Crippen MR) is 93.7 cm³/mol. The lowest BCUT2D eigenvalue weighted by Crippen LogP contribution is -2.23. The fraction of sp³-hybridized carbons (Fsp3) is 0.667. The molecular formula is C18H29N5O. The van der Waals surface area contributed by atoms with Crippen LogP contribution in [0, 0.1) is 5.92 Å². The second-order valence-corrected chi connectivity index (χ2v) is 8.12.